The molecule has 1 N–H and O–H groups in total. The van der Waals surface area contributed by atoms with Crippen molar-refractivity contribution in [1.29, 1.82) is 0 Å². The summed E-state index contributed by atoms with van der Waals surface area (Å²) in [6.45, 7) is 2.83. The molecule has 1 aromatic carbocycles. The van der Waals surface area contributed by atoms with Crippen molar-refractivity contribution >= 4 is 45.1 Å². The molecule has 0 unspecified atom stereocenters. The number of methoxy groups -OCH3 is 1. The zero-order valence-electron chi connectivity index (χ0n) is 19.3. The van der Waals surface area contributed by atoms with Crippen molar-refractivity contribution in [1.82, 2.24) is 30.2 Å². The molecule has 0 saturated carbocycles. The number of anilines is 1. The number of imidazole rings is 1. The van der Waals surface area contributed by atoms with Gasteiger partial charge in [0.1, 0.15) is 11.5 Å². The fraction of sp³-hybridized carbons (Fsp3) is 0.304. The van der Waals surface area contributed by atoms with Crippen LogP contribution in [0.3, 0.4) is 0 Å². The van der Waals surface area contributed by atoms with Gasteiger partial charge >= 0.3 is 5.97 Å². The average Bonchev–Trinajstić information content (AvgIpc) is 3.63. The van der Waals surface area contributed by atoms with E-state index in [2.05, 4.69) is 48.5 Å². The lowest BCUT2D eigenvalue weighted by Crippen LogP contribution is -2.33. The van der Waals surface area contributed by atoms with E-state index >= 15 is 0 Å². The fourth-order valence-corrected chi connectivity index (χ4v) is 5.05. The minimum absolute atomic E-state index is 0.185. The molecule has 1 amide bonds. The van der Waals surface area contributed by atoms with Crippen LogP contribution in [0.4, 0.5) is 5.95 Å². The van der Waals surface area contributed by atoms with E-state index in [9.17, 15) is 9.59 Å². The number of H-pyrrole nitrogens is 1. The van der Waals surface area contributed by atoms with Gasteiger partial charge in [-0.25, -0.2) is 9.78 Å². The second-order valence-electron chi connectivity index (χ2n) is 7.75. The van der Waals surface area contributed by atoms with E-state index in [1.807, 2.05) is 28.8 Å². The van der Waals surface area contributed by atoms with Crippen molar-refractivity contribution in [3.63, 3.8) is 0 Å². The number of nitrogens with one attached hydrogen (secondary N) is 1. The lowest BCUT2D eigenvalue weighted by Gasteiger charge is -2.19. The molecule has 0 bridgehead atoms. The third kappa shape index (κ3) is 5.82. The average molecular weight is 558 g/mol. The van der Waals surface area contributed by atoms with Crippen molar-refractivity contribution in [2.75, 3.05) is 12.0 Å². The van der Waals surface area contributed by atoms with Gasteiger partial charge in [0.05, 0.1) is 29.2 Å². The number of tetrazole rings is 1. The van der Waals surface area contributed by atoms with E-state index in [0.29, 0.717) is 17.8 Å². The summed E-state index contributed by atoms with van der Waals surface area (Å²) in [6.07, 6.45) is 4.30. The number of esters is 1. The molecule has 0 spiro atoms. The van der Waals surface area contributed by atoms with Crippen molar-refractivity contribution < 1.29 is 14.3 Å². The van der Waals surface area contributed by atoms with Gasteiger partial charge in [-0.05, 0) is 57.4 Å². The van der Waals surface area contributed by atoms with E-state index in [1.54, 1.807) is 18.3 Å². The van der Waals surface area contributed by atoms with E-state index in [4.69, 9.17) is 4.74 Å². The summed E-state index contributed by atoms with van der Waals surface area (Å²) < 4.78 is 7.67. The molecule has 35 heavy (non-hydrogen) atoms. The number of halogens is 1. The van der Waals surface area contributed by atoms with Crippen molar-refractivity contribution in [3.05, 3.63) is 73.9 Å². The zero-order valence-corrected chi connectivity index (χ0v) is 21.7. The molecule has 12 heteroatoms. The Bertz CT molecular complexity index is 1280. The normalized spacial score (nSPS) is 10.9. The maximum absolute atomic E-state index is 13.8. The molecule has 0 aliphatic heterocycles. The van der Waals surface area contributed by atoms with Gasteiger partial charge in [0, 0.05) is 17.8 Å². The molecular formula is C23H24BrN7O3S. The van der Waals surface area contributed by atoms with Crippen LogP contribution in [-0.2, 0) is 24.2 Å². The monoisotopic (exact) mass is 557 g/mol. The minimum Gasteiger partial charge on any atom is -0.465 e. The number of aromatic nitrogens is 6. The summed E-state index contributed by atoms with van der Waals surface area (Å²) in [5.41, 5.74) is 1.82. The van der Waals surface area contributed by atoms with Gasteiger partial charge in [-0.3, -0.25) is 9.69 Å². The molecule has 4 aromatic rings. The van der Waals surface area contributed by atoms with E-state index < -0.39 is 5.97 Å². The number of hydrogen-bond donors (Lipinski definition) is 1. The molecule has 4 rings (SSSR count). The Morgan fingerprint density at radius 1 is 1.20 bits per heavy atom. The lowest BCUT2D eigenvalue weighted by atomic mass is 10.1. The molecule has 0 aliphatic rings. The number of benzene rings is 1. The van der Waals surface area contributed by atoms with Crippen LogP contribution in [0.5, 0.6) is 0 Å². The molecule has 0 aliphatic carbocycles. The number of ether oxygens (including phenoxy) is 1. The Hall–Kier alpha value is -3.38. The van der Waals surface area contributed by atoms with Crippen LogP contribution in [0, 0.1) is 0 Å². The number of unbranched alkanes of at least 4 members (excludes halogenated alkanes) is 1. The maximum Gasteiger partial charge on any atom is 0.337 e. The third-order valence-electron chi connectivity index (χ3n) is 5.39. The largest absolute Gasteiger partial charge is 0.465 e. The Morgan fingerprint density at radius 2 is 2.00 bits per heavy atom. The highest BCUT2D eigenvalue weighted by Gasteiger charge is 2.27. The molecule has 0 saturated heterocycles. The smallest absolute Gasteiger partial charge is 0.337 e. The summed E-state index contributed by atoms with van der Waals surface area (Å²) >= 11 is 5.00. The highest BCUT2D eigenvalue weighted by Crippen LogP contribution is 2.25. The van der Waals surface area contributed by atoms with Crippen LogP contribution >= 0.6 is 27.3 Å². The highest BCUT2D eigenvalue weighted by molar-refractivity contribution is 9.11. The molecule has 0 radical (unpaired) electrons. The van der Waals surface area contributed by atoms with Crippen molar-refractivity contribution in [3.8, 4) is 0 Å². The molecular weight excluding hydrogens is 534 g/mol. The predicted molar refractivity (Wildman–Crippen MR) is 134 cm³/mol. The van der Waals surface area contributed by atoms with Crippen LogP contribution < -0.4 is 4.90 Å². The molecule has 0 fully saturated rings. The van der Waals surface area contributed by atoms with Gasteiger partial charge in [0.2, 0.25) is 0 Å². The van der Waals surface area contributed by atoms with Crippen LogP contribution in [0.2, 0.25) is 0 Å². The number of hydrogen-bond acceptors (Lipinski definition) is 8. The predicted octanol–water partition coefficient (Wildman–Crippen LogP) is 4.24. The van der Waals surface area contributed by atoms with Crippen LogP contribution in [0.15, 0.2) is 46.4 Å². The number of aryl methyl sites for hydroxylation is 1. The first-order valence-electron chi connectivity index (χ1n) is 11.0. The third-order valence-corrected chi connectivity index (χ3v) is 7.00. The SMILES string of the molecule is CCCCc1ncc(C(=O)N(Cc2ccc(Br)s2)c2nn[nH]n2)n1Cc1ccc(C(=O)OC)cc1. The number of nitrogens with zero attached hydrogens (tertiary/aromatic N) is 6. The van der Waals surface area contributed by atoms with Gasteiger partial charge in [-0.2, -0.15) is 5.21 Å². The van der Waals surface area contributed by atoms with Crippen LogP contribution in [-0.4, -0.2) is 49.2 Å². The Kier molecular flexibility index (Phi) is 8.03. The maximum atomic E-state index is 13.8. The number of rotatable bonds is 10. The van der Waals surface area contributed by atoms with E-state index in [1.165, 1.54) is 23.3 Å². The number of carbonyl (C=O) groups is 2. The minimum atomic E-state index is -0.394. The zero-order chi connectivity index (χ0) is 24.8. The number of thiophene rings is 1. The highest BCUT2D eigenvalue weighted by atomic mass is 79.9. The Labute approximate surface area is 214 Å². The summed E-state index contributed by atoms with van der Waals surface area (Å²) in [5, 5.41) is 14.2. The Morgan fingerprint density at radius 3 is 2.63 bits per heavy atom. The first kappa shape index (κ1) is 24.7. The Balaban J connectivity index is 1.67. The lowest BCUT2D eigenvalue weighted by molar-refractivity contribution is 0.0600. The first-order valence-corrected chi connectivity index (χ1v) is 12.6. The van der Waals surface area contributed by atoms with Gasteiger partial charge in [-0.15, -0.1) is 16.4 Å². The van der Waals surface area contributed by atoms with Gasteiger partial charge in [0.15, 0.2) is 0 Å². The summed E-state index contributed by atoms with van der Waals surface area (Å²) in [6, 6.07) is 11.0. The van der Waals surface area contributed by atoms with Gasteiger partial charge in [-0.1, -0.05) is 30.6 Å². The number of amides is 1. The van der Waals surface area contributed by atoms with E-state index in [-0.39, 0.29) is 18.4 Å². The molecule has 182 valence electrons. The second-order valence-corrected chi connectivity index (χ2v) is 10.3. The summed E-state index contributed by atoms with van der Waals surface area (Å²) in [4.78, 5) is 32.6. The number of carbonyl (C=O) groups excluding carboxylic acids is 2. The quantitative estimate of drug-likeness (QED) is 0.289. The summed E-state index contributed by atoms with van der Waals surface area (Å²) in [5.74, 6) is 0.330. The van der Waals surface area contributed by atoms with Gasteiger partial charge in [0.25, 0.3) is 11.9 Å². The van der Waals surface area contributed by atoms with Crippen molar-refractivity contribution in [2.45, 2.75) is 39.3 Å². The van der Waals surface area contributed by atoms with Crippen LogP contribution in [0.1, 0.15) is 56.9 Å². The van der Waals surface area contributed by atoms with Gasteiger partial charge < -0.3 is 9.30 Å². The fourth-order valence-electron chi connectivity index (χ4n) is 3.58. The molecule has 0 atom stereocenters. The topological polar surface area (TPSA) is 119 Å². The summed E-state index contributed by atoms with van der Waals surface area (Å²) in [7, 11) is 1.35. The number of aromatic amines is 1. The standard InChI is InChI=1S/C23H24BrN7O3S/c1-3-4-5-20-25-12-18(30(20)13-15-6-8-16(9-7-15)22(33)34-2)21(32)31(23-26-28-29-27-23)14-17-10-11-19(24)35-17/h6-12H,3-5,13-14H2,1-2H3,(H,26,27,28,29). The van der Waals surface area contributed by atoms with E-state index in [0.717, 1.165) is 39.3 Å². The second kappa shape index (κ2) is 11.4. The molecule has 3 heterocycles. The van der Waals surface area contributed by atoms with Crippen LogP contribution in [0.25, 0.3) is 0 Å². The first-order chi connectivity index (χ1) is 17.0. The molecule has 10 nitrogen and oxygen atoms in total. The molecule has 3 aromatic heterocycles. The van der Waals surface area contributed by atoms with Crippen molar-refractivity contribution in [2.24, 2.45) is 0 Å².